The van der Waals surface area contributed by atoms with Gasteiger partial charge in [-0.3, -0.25) is 9.78 Å². The number of aromatic amines is 1. The molecule has 0 amide bonds. The van der Waals surface area contributed by atoms with E-state index in [9.17, 15) is 39.6 Å². The standard InChI is InChI=1S/C24H26FN3O9/c1-36-17-8-6-14(7-9-17)11-28(35)23(33)20(30)19(13-29)37-24(23,34)27-12-16(21(31)26-22(27)32)10-15-4-2-3-5-18(15)25/h2-9,12,19-20,29-30,33-35H,10-11,13H2,1H3,(H,26,31,32)/t19-,20-,23-,24-/m1/s1. The second kappa shape index (κ2) is 10.1. The second-order valence-electron chi connectivity index (χ2n) is 8.58. The third-order valence-corrected chi connectivity index (χ3v) is 6.31. The predicted octanol–water partition coefficient (Wildman–Crippen LogP) is -0.790. The Kier molecular flexibility index (Phi) is 7.30. The average molecular weight is 519 g/mol. The molecule has 1 fully saturated rings. The topological polar surface area (TPSA) is 178 Å². The summed E-state index contributed by atoms with van der Waals surface area (Å²) in [5, 5.41) is 54.5. The third-order valence-electron chi connectivity index (χ3n) is 6.31. The van der Waals surface area contributed by atoms with Gasteiger partial charge < -0.3 is 35.1 Å². The van der Waals surface area contributed by atoms with Crippen LogP contribution in [0.4, 0.5) is 4.39 Å². The number of aliphatic hydroxyl groups excluding tert-OH is 2. The van der Waals surface area contributed by atoms with Crippen molar-refractivity contribution in [3.05, 3.63) is 98.1 Å². The molecule has 0 unspecified atom stereocenters. The second-order valence-corrected chi connectivity index (χ2v) is 8.58. The minimum absolute atomic E-state index is 0.101. The summed E-state index contributed by atoms with van der Waals surface area (Å²) in [4.78, 5) is 27.2. The molecule has 3 aromatic rings. The van der Waals surface area contributed by atoms with Gasteiger partial charge in [-0.1, -0.05) is 30.3 Å². The molecule has 12 nitrogen and oxygen atoms in total. The molecule has 0 saturated carbocycles. The molecule has 2 aromatic carbocycles. The summed E-state index contributed by atoms with van der Waals surface area (Å²) < 4.78 is 24.9. The Hall–Kier alpha value is -3.43. The van der Waals surface area contributed by atoms with Crippen molar-refractivity contribution in [1.29, 1.82) is 0 Å². The number of hydroxylamine groups is 2. The smallest absolute Gasteiger partial charge is 0.332 e. The molecule has 0 aliphatic carbocycles. The van der Waals surface area contributed by atoms with Crippen LogP contribution in [-0.4, -0.2) is 71.9 Å². The number of nitrogens with zero attached hydrogens (tertiary/aromatic N) is 2. The molecule has 37 heavy (non-hydrogen) atoms. The van der Waals surface area contributed by atoms with Gasteiger partial charge in [0.25, 0.3) is 5.56 Å². The lowest BCUT2D eigenvalue weighted by atomic mass is 9.99. The number of aliphatic hydroxyl groups is 4. The van der Waals surface area contributed by atoms with Crippen LogP contribution in [0.3, 0.4) is 0 Å². The number of methoxy groups -OCH3 is 1. The molecule has 6 N–H and O–H groups in total. The Morgan fingerprint density at radius 1 is 1.14 bits per heavy atom. The summed E-state index contributed by atoms with van der Waals surface area (Å²) in [6, 6.07) is 11.8. The maximum Gasteiger partial charge on any atom is 0.332 e. The normalized spacial score (nSPS) is 25.5. The van der Waals surface area contributed by atoms with Gasteiger partial charge in [-0.2, -0.15) is 0 Å². The Morgan fingerprint density at radius 2 is 1.81 bits per heavy atom. The molecule has 13 heteroatoms. The van der Waals surface area contributed by atoms with Crippen molar-refractivity contribution in [2.45, 2.75) is 36.8 Å². The number of hydrogen-bond donors (Lipinski definition) is 6. The molecule has 4 atom stereocenters. The zero-order chi connectivity index (χ0) is 27.0. The van der Waals surface area contributed by atoms with Crippen LogP contribution in [0.2, 0.25) is 0 Å². The van der Waals surface area contributed by atoms with Crippen LogP contribution in [0.25, 0.3) is 0 Å². The van der Waals surface area contributed by atoms with Crippen molar-refractivity contribution < 1.29 is 39.5 Å². The van der Waals surface area contributed by atoms with Crippen molar-refractivity contribution in [2.75, 3.05) is 13.7 Å². The van der Waals surface area contributed by atoms with Crippen LogP contribution in [0.5, 0.6) is 5.75 Å². The van der Waals surface area contributed by atoms with E-state index >= 15 is 0 Å². The first-order valence-corrected chi connectivity index (χ1v) is 11.1. The van der Waals surface area contributed by atoms with E-state index in [0.717, 1.165) is 6.20 Å². The number of rotatable bonds is 8. The van der Waals surface area contributed by atoms with Gasteiger partial charge in [-0.25, -0.2) is 13.8 Å². The quantitative estimate of drug-likeness (QED) is 0.163. The van der Waals surface area contributed by atoms with Gasteiger partial charge in [-0.05, 0) is 29.3 Å². The average Bonchev–Trinajstić information content (AvgIpc) is 3.09. The maximum absolute atomic E-state index is 14.2. The molecule has 0 spiro atoms. The highest BCUT2D eigenvalue weighted by Crippen LogP contribution is 2.43. The highest BCUT2D eigenvalue weighted by atomic mass is 19.1. The number of H-pyrrole nitrogens is 1. The van der Waals surface area contributed by atoms with E-state index in [-0.39, 0.29) is 22.6 Å². The van der Waals surface area contributed by atoms with Crippen molar-refractivity contribution in [3.8, 4) is 5.75 Å². The Labute approximate surface area is 209 Å². The van der Waals surface area contributed by atoms with Gasteiger partial charge in [-0.15, -0.1) is 5.06 Å². The van der Waals surface area contributed by atoms with Gasteiger partial charge in [0.15, 0.2) is 0 Å². The monoisotopic (exact) mass is 519 g/mol. The van der Waals surface area contributed by atoms with Crippen molar-refractivity contribution in [3.63, 3.8) is 0 Å². The zero-order valence-corrected chi connectivity index (χ0v) is 19.6. The van der Waals surface area contributed by atoms with Crippen molar-refractivity contribution >= 4 is 0 Å². The first-order valence-electron chi connectivity index (χ1n) is 11.1. The summed E-state index contributed by atoms with van der Waals surface area (Å²) in [6.45, 7) is -1.40. The van der Waals surface area contributed by atoms with Crippen LogP contribution in [0.1, 0.15) is 16.7 Å². The van der Waals surface area contributed by atoms with Gasteiger partial charge in [0.1, 0.15) is 23.8 Å². The highest BCUT2D eigenvalue weighted by molar-refractivity contribution is 5.27. The van der Waals surface area contributed by atoms with E-state index in [4.69, 9.17) is 9.47 Å². The van der Waals surface area contributed by atoms with Crippen LogP contribution in [0, 0.1) is 5.82 Å². The van der Waals surface area contributed by atoms with E-state index in [2.05, 4.69) is 0 Å². The summed E-state index contributed by atoms with van der Waals surface area (Å²) >= 11 is 0. The third kappa shape index (κ3) is 4.57. The molecule has 0 radical (unpaired) electrons. The van der Waals surface area contributed by atoms with Crippen molar-refractivity contribution in [1.82, 2.24) is 14.6 Å². The fourth-order valence-corrected chi connectivity index (χ4v) is 4.24. The largest absolute Gasteiger partial charge is 0.497 e. The predicted molar refractivity (Wildman–Crippen MR) is 124 cm³/mol. The first-order chi connectivity index (χ1) is 17.5. The Balaban J connectivity index is 1.78. The Morgan fingerprint density at radius 3 is 2.43 bits per heavy atom. The number of hydrogen-bond acceptors (Lipinski definition) is 10. The minimum atomic E-state index is -3.22. The Bertz CT molecular complexity index is 1380. The highest BCUT2D eigenvalue weighted by Gasteiger charge is 2.70. The summed E-state index contributed by atoms with van der Waals surface area (Å²) in [6.07, 6.45) is -3.28. The zero-order valence-electron chi connectivity index (χ0n) is 19.6. The van der Waals surface area contributed by atoms with Gasteiger partial charge in [0.05, 0.1) is 20.3 Å². The van der Waals surface area contributed by atoms with Crippen molar-refractivity contribution in [2.24, 2.45) is 0 Å². The molecule has 1 aliphatic heterocycles. The fraction of sp³-hybridized carbons (Fsp3) is 0.333. The van der Waals surface area contributed by atoms with Crippen LogP contribution >= 0.6 is 0 Å². The maximum atomic E-state index is 14.2. The molecule has 0 bridgehead atoms. The van der Waals surface area contributed by atoms with Gasteiger partial charge >= 0.3 is 11.6 Å². The molecule has 198 valence electrons. The molecule has 1 aliphatic rings. The lowest BCUT2D eigenvalue weighted by Gasteiger charge is -2.42. The van der Waals surface area contributed by atoms with Crippen LogP contribution in [-0.2, 0) is 23.6 Å². The molecule has 1 aromatic heterocycles. The van der Waals surface area contributed by atoms with E-state index in [1.165, 1.54) is 37.4 Å². The SMILES string of the molecule is COc1ccc(CN(O)[C@@]2(O)[C@H](O)[C@@H](CO)O[C@@]2(O)n2cc(Cc3ccccc3F)c(=O)[nH]c2=O)cc1. The number of aromatic nitrogens is 2. The van der Waals surface area contributed by atoms with Gasteiger partial charge in [0.2, 0.25) is 5.72 Å². The minimum Gasteiger partial charge on any atom is -0.497 e. The summed E-state index contributed by atoms with van der Waals surface area (Å²) in [5.74, 6) is -3.33. The first kappa shape index (κ1) is 26.6. The molecular weight excluding hydrogens is 493 g/mol. The number of halogens is 1. The van der Waals surface area contributed by atoms with E-state index in [1.807, 2.05) is 4.98 Å². The number of nitrogens with one attached hydrogen (secondary N) is 1. The fourth-order valence-electron chi connectivity index (χ4n) is 4.24. The van der Waals surface area contributed by atoms with E-state index < -0.39 is 54.1 Å². The van der Waals surface area contributed by atoms with E-state index in [1.54, 1.807) is 18.2 Å². The van der Waals surface area contributed by atoms with Crippen LogP contribution in [0.15, 0.2) is 64.3 Å². The van der Waals surface area contributed by atoms with Crippen LogP contribution < -0.4 is 16.0 Å². The summed E-state index contributed by atoms with van der Waals surface area (Å²) in [7, 11) is 1.46. The molecule has 1 saturated heterocycles. The number of benzene rings is 2. The lowest BCUT2D eigenvalue weighted by molar-refractivity contribution is -0.413. The molecular formula is C24H26FN3O9. The lowest BCUT2D eigenvalue weighted by Crippen LogP contribution is -2.68. The van der Waals surface area contributed by atoms with E-state index in [0.29, 0.717) is 15.9 Å². The molecule has 4 rings (SSSR count). The molecule has 2 heterocycles. The number of ether oxygens (including phenoxy) is 2. The van der Waals surface area contributed by atoms with Gasteiger partial charge in [0, 0.05) is 18.2 Å². The summed E-state index contributed by atoms with van der Waals surface area (Å²) in [5.41, 5.74) is -5.00.